The van der Waals surface area contributed by atoms with Crippen molar-refractivity contribution < 1.29 is 18.3 Å². The number of aryl methyl sites for hydroxylation is 1. The summed E-state index contributed by atoms with van der Waals surface area (Å²) in [6.45, 7) is 1.58. The minimum atomic E-state index is -0.774. The summed E-state index contributed by atoms with van der Waals surface area (Å²) in [5.41, 5.74) is 0.546. The van der Waals surface area contributed by atoms with Gasteiger partial charge in [-0.05, 0) is 36.2 Å². The highest BCUT2D eigenvalue weighted by atomic mass is 19.1. The molecule has 0 amide bonds. The van der Waals surface area contributed by atoms with Gasteiger partial charge >= 0.3 is 0 Å². The molecule has 0 aliphatic rings. The third-order valence-corrected chi connectivity index (χ3v) is 2.77. The molecule has 0 aliphatic heterocycles. The molecule has 5 heteroatoms. The minimum absolute atomic E-state index is 0.0501. The maximum absolute atomic E-state index is 13.7. The van der Waals surface area contributed by atoms with Gasteiger partial charge in [0.05, 0.1) is 0 Å². The largest absolute Gasteiger partial charge is 0.505 e. The maximum Gasteiger partial charge on any atom is 0.165 e. The van der Waals surface area contributed by atoms with Crippen molar-refractivity contribution in [3.05, 3.63) is 58.9 Å². The molecule has 0 radical (unpaired) electrons. The van der Waals surface area contributed by atoms with E-state index < -0.39 is 23.2 Å². The van der Waals surface area contributed by atoms with E-state index in [1.807, 2.05) is 0 Å². The van der Waals surface area contributed by atoms with Gasteiger partial charge in [0, 0.05) is 6.54 Å². The topological polar surface area (TPSA) is 32.3 Å². The first kappa shape index (κ1) is 13.3. The first-order chi connectivity index (χ1) is 8.99. The smallest absolute Gasteiger partial charge is 0.165 e. The summed E-state index contributed by atoms with van der Waals surface area (Å²) in [6, 6.07) is 6.27. The number of aromatic hydroxyl groups is 1. The van der Waals surface area contributed by atoms with Gasteiger partial charge in [-0.3, -0.25) is 0 Å². The highest BCUT2D eigenvalue weighted by Crippen LogP contribution is 2.23. The van der Waals surface area contributed by atoms with Crippen LogP contribution < -0.4 is 5.32 Å². The second-order valence-corrected chi connectivity index (χ2v) is 4.19. The monoisotopic (exact) mass is 267 g/mol. The molecule has 0 atom stereocenters. The Balaban J connectivity index is 2.19. The highest BCUT2D eigenvalue weighted by molar-refractivity contribution is 5.49. The zero-order valence-electron chi connectivity index (χ0n) is 10.2. The third-order valence-electron chi connectivity index (χ3n) is 2.77. The standard InChI is InChI=1S/C14H12F3NO/c1-8-2-4-10(15)14(13(8)17)18-7-9-3-5-12(19)11(16)6-9/h2-6,18-19H,7H2,1H3. The van der Waals surface area contributed by atoms with Gasteiger partial charge in [0.15, 0.2) is 17.4 Å². The molecule has 0 bridgehead atoms. The fourth-order valence-corrected chi connectivity index (χ4v) is 1.67. The van der Waals surface area contributed by atoms with E-state index in [4.69, 9.17) is 5.11 Å². The second kappa shape index (κ2) is 5.22. The molecular formula is C14H12F3NO. The van der Waals surface area contributed by atoms with E-state index in [-0.39, 0.29) is 12.2 Å². The normalized spacial score (nSPS) is 10.5. The molecule has 2 nitrogen and oxygen atoms in total. The van der Waals surface area contributed by atoms with Crippen molar-refractivity contribution in [2.24, 2.45) is 0 Å². The summed E-state index contributed by atoms with van der Waals surface area (Å²) in [7, 11) is 0. The SMILES string of the molecule is Cc1ccc(F)c(NCc2ccc(O)c(F)c2)c1F. The van der Waals surface area contributed by atoms with Gasteiger partial charge in [0.2, 0.25) is 0 Å². The molecule has 2 N–H and O–H groups in total. The second-order valence-electron chi connectivity index (χ2n) is 4.19. The number of phenolic OH excluding ortho intramolecular Hbond substituents is 1. The molecule has 0 unspecified atom stereocenters. The van der Waals surface area contributed by atoms with Crippen LogP contribution in [0.2, 0.25) is 0 Å². The fourth-order valence-electron chi connectivity index (χ4n) is 1.67. The number of anilines is 1. The van der Waals surface area contributed by atoms with E-state index >= 15 is 0 Å². The molecule has 0 spiro atoms. The van der Waals surface area contributed by atoms with Crippen molar-refractivity contribution in [2.45, 2.75) is 13.5 Å². The number of hydrogen-bond donors (Lipinski definition) is 2. The van der Waals surface area contributed by atoms with Crippen LogP contribution in [-0.4, -0.2) is 5.11 Å². The predicted octanol–water partition coefficient (Wildman–Crippen LogP) is 3.73. The van der Waals surface area contributed by atoms with Gasteiger partial charge in [0.1, 0.15) is 11.5 Å². The van der Waals surface area contributed by atoms with Crippen molar-refractivity contribution in [2.75, 3.05) is 5.32 Å². The van der Waals surface area contributed by atoms with Crippen LogP contribution in [0.15, 0.2) is 30.3 Å². The molecule has 19 heavy (non-hydrogen) atoms. The lowest BCUT2D eigenvalue weighted by Crippen LogP contribution is -2.05. The number of hydrogen-bond acceptors (Lipinski definition) is 2. The van der Waals surface area contributed by atoms with Crippen molar-refractivity contribution >= 4 is 5.69 Å². The number of benzene rings is 2. The van der Waals surface area contributed by atoms with E-state index in [9.17, 15) is 13.2 Å². The summed E-state index contributed by atoms with van der Waals surface area (Å²) < 4.78 is 40.3. The van der Waals surface area contributed by atoms with Gasteiger partial charge in [0.25, 0.3) is 0 Å². The number of rotatable bonds is 3. The van der Waals surface area contributed by atoms with Crippen molar-refractivity contribution in [1.82, 2.24) is 0 Å². The van der Waals surface area contributed by atoms with E-state index in [0.717, 1.165) is 12.1 Å². The van der Waals surface area contributed by atoms with Crippen LogP contribution >= 0.6 is 0 Å². The van der Waals surface area contributed by atoms with Gasteiger partial charge in [-0.15, -0.1) is 0 Å². The average molecular weight is 267 g/mol. The lowest BCUT2D eigenvalue weighted by Gasteiger charge is -2.10. The molecule has 0 saturated heterocycles. The molecule has 0 heterocycles. The first-order valence-corrected chi connectivity index (χ1v) is 5.65. The molecule has 0 fully saturated rings. The zero-order chi connectivity index (χ0) is 14.0. The Hall–Kier alpha value is -2.17. The van der Waals surface area contributed by atoms with Gasteiger partial charge in [-0.1, -0.05) is 12.1 Å². The Bertz CT molecular complexity index is 614. The van der Waals surface area contributed by atoms with E-state index in [1.165, 1.54) is 25.1 Å². The molecule has 0 saturated carbocycles. The van der Waals surface area contributed by atoms with Crippen LogP contribution in [0.3, 0.4) is 0 Å². The molecule has 0 aromatic heterocycles. The summed E-state index contributed by atoms with van der Waals surface area (Å²) in [5.74, 6) is -2.61. The lowest BCUT2D eigenvalue weighted by atomic mass is 10.1. The lowest BCUT2D eigenvalue weighted by molar-refractivity contribution is 0.432. The van der Waals surface area contributed by atoms with Crippen LogP contribution in [0.5, 0.6) is 5.75 Å². The summed E-state index contributed by atoms with van der Waals surface area (Å²) >= 11 is 0. The molecule has 100 valence electrons. The Morgan fingerprint density at radius 3 is 2.47 bits per heavy atom. The summed E-state index contributed by atoms with van der Waals surface area (Å²) in [6.07, 6.45) is 0. The Morgan fingerprint density at radius 2 is 1.79 bits per heavy atom. The van der Waals surface area contributed by atoms with Crippen LogP contribution in [0, 0.1) is 24.4 Å². The number of phenols is 1. The quantitative estimate of drug-likeness (QED) is 0.888. The molecular weight excluding hydrogens is 255 g/mol. The van der Waals surface area contributed by atoms with E-state index in [1.54, 1.807) is 0 Å². The number of nitrogens with one attached hydrogen (secondary N) is 1. The minimum Gasteiger partial charge on any atom is -0.505 e. The summed E-state index contributed by atoms with van der Waals surface area (Å²) in [5, 5.41) is 11.6. The van der Waals surface area contributed by atoms with E-state index in [0.29, 0.717) is 11.1 Å². The fraction of sp³-hybridized carbons (Fsp3) is 0.143. The maximum atomic E-state index is 13.7. The van der Waals surface area contributed by atoms with Crippen molar-refractivity contribution in [3.63, 3.8) is 0 Å². The summed E-state index contributed by atoms with van der Waals surface area (Å²) in [4.78, 5) is 0. The predicted molar refractivity (Wildman–Crippen MR) is 66.5 cm³/mol. The average Bonchev–Trinajstić information content (AvgIpc) is 2.38. The van der Waals surface area contributed by atoms with Gasteiger partial charge < -0.3 is 10.4 Å². The Morgan fingerprint density at radius 1 is 1.05 bits per heavy atom. The molecule has 2 aromatic carbocycles. The van der Waals surface area contributed by atoms with Gasteiger partial charge in [-0.2, -0.15) is 0 Å². The highest BCUT2D eigenvalue weighted by Gasteiger charge is 2.11. The Labute approximate surface area is 108 Å². The first-order valence-electron chi connectivity index (χ1n) is 5.65. The van der Waals surface area contributed by atoms with Gasteiger partial charge in [-0.25, -0.2) is 13.2 Å². The zero-order valence-corrected chi connectivity index (χ0v) is 10.2. The Kier molecular flexibility index (Phi) is 3.64. The van der Waals surface area contributed by atoms with E-state index in [2.05, 4.69) is 5.32 Å². The molecule has 2 aromatic rings. The molecule has 0 aliphatic carbocycles. The van der Waals surface area contributed by atoms with Crippen LogP contribution in [0.25, 0.3) is 0 Å². The van der Waals surface area contributed by atoms with Crippen LogP contribution in [0.4, 0.5) is 18.9 Å². The van der Waals surface area contributed by atoms with Crippen LogP contribution in [-0.2, 0) is 6.54 Å². The van der Waals surface area contributed by atoms with Crippen molar-refractivity contribution in [1.29, 1.82) is 0 Å². The third kappa shape index (κ3) is 2.81. The number of halogens is 3. The van der Waals surface area contributed by atoms with Crippen molar-refractivity contribution in [3.8, 4) is 5.75 Å². The molecule has 2 rings (SSSR count). The van der Waals surface area contributed by atoms with Crippen LogP contribution in [0.1, 0.15) is 11.1 Å².